The van der Waals surface area contributed by atoms with Gasteiger partial charge in [-0.3, -0.25) is 0 Å². The molecule has 0 radical (unpaired) electrons. The van der Waals surface area contributed by atoms with Crippen LogP contribution in [0.5, 0.6) is 0 Å². The smallest absolute Gasteiger partial charge is 0.147 e. The highest BCUT2D eigenvalue weighted by molar-refractivity contribution is 7.17. The third-order valence-corrected chi connectivity index (χ3v) is 3.66. The Labute approximate surface area is 104 Å². The maximum atomic E-state index is 5.77. The summed E-state index contributed by atoms with van der Waals surface area (Å²) in [6, 6.07) is 2.40. The van der Waals surface area contributed by atoms with Crippen molar-refractivity contribution < 1.29 is 0 Å². The Morgan fingerprint density at radius 3 is 3.12 bits per heavy atom. The molecule has 86 valence electrons. The van der Waals surface area contributed by atoms with E-state index < -0.39 is 0 Å². The minimum Gasteiger partial charge on any atom is -0.366 e. The topological polar surface area (TPSA) is 37.8 Å². The molecule has 16 heavy (non-hydrogen) atoms. The highest BCUT2D eigenvalue weighted by Crippen LogP contribution is 2.25. The summed E-state index contributed by atoms with van der Waals surface area (Å²) in [5.41, 5.74) is 1.00. The lowest BCUT2D eigenvalue weighted by molar-refractivity contribution is 0.673. The molecule has 0 aromatic carbocycles. The molecule has 2 aromatic heterocycles. The van der Waals surface area contributed by atoms with Crippen LogP contribution in [0.3, 0.4) is 0 Å². The highest BCUT2D eigenvalue weighted by atomic mass is 35.5. The van der Waals surface area contributed by atoms with Crippen LogP contribution in [0.25, 0.3) is 10.2 Å². The summed E-state index contributed by atoms with van der Waals surface area (Å²) in [5.74, 6) is 1.60. The fourth-order valence-electron chi connectivity index (χ4n) is 1.60. The predicted octanol–water partition coefficient (Wildman–Crippen LogP) is 3.51. The Balaban J connectivity index is 2.22. The normalized spacial score (nSPS) is 12.9. The van der Waals surface area contributed by atoms with Crippen molar-refractivity contribution >= 4 is 39.0 Å². The van der Waals surface area contributed by atoms with E-state index in [0.29, 0.717) is 11.9 Å². The molecule has 2 aromatic rings. The zero-order valence-corrected chi connectivity index (χ0v) is 10.7. The largest absolute Gasteiger partial charge is 0.366 e. The van der Waals surface area contributed by atoms with E-state index in [1.165, 1.54) is 0 Å². The van der Waals surface area contributed by atoms with E-state index in [1.54, 1.807) is 17.7 Å². The second kappa shape index (κ2) is 5.46. The molecule has 0 fully saturated rings. The zero-order valence-electron chi connectivity index (χ0n) is 9.11. The van der Waals surface area contributed by atoms with Crippen LogP contribution in [0.15, 0.2) is 17.8 Å². The first-order chi connectivity index (χ1) is 7.85. The van der Waals surface area contributed by atoms with Gasteiger partial charge in [0.15, 0.2) is 0 Å². The van der Waals surface area contributed by atoms with Crippen molar-refractivity contribution in [3.63, 3.8) is 0 Å². The first-order valence-corrected chi connectivity index (χ1v) is 6.77. The molecular weight excluding hydrogens is 242 g/mol. The summed E-state index contributed by atoms with van der Waals surface area (Å²) < 4.78 is 1.12. The zero-order chi connectivity index (χ0) is 11.4. The number of rotatable bonds is 5. The number of thiophene rings is 1. The minimum absolute atomic E-state index is 0.387. The minimum atomic E-state index is 0.387. The van der Waals surface area contributed by atoms with Crippen LogP contribution in [-0.4, -0.2) is 21.9 Å². The molecule has 0 aliphatic rings. The van der Waals surface area contributed by atoms with Crippen LogP contribution in [0.2, 0.25) is 0 Å². The number of halogens is 1. The average Bonchev–Trinajstić information content (AvgIpc) is 2.77. The molecule has 1 atom stereocenters. The molecule has 2 heterocycles. The van der Waals surface area contributed by atoms with Gasteiger partial charge in [0.2, 0.25) is 0 Å². The van der Waals surface area contributed by atoms with E-state index in [-0.39, 0.29) is 0 Å². The van der Waals surface area contributed by atoms with E-state index in [1.807, 2.05) is 11.4 Å². The van der Waals surface area contributed by atoms with Crippen molar-refractivity contribution in [2.75, 3.05) is 11.2 Å². The van der Waals surface area contributed by atoms with Crippen LogP contribution < -0.4 is 5.32 Å². The number of alkyl halides is 1. The lowest BCUT2D eigenvalue weighted by atomic mass is 10.2. The van der Waals surface area contributed by atoms with E-state index in [0.717, 1.165) is 28.9 Å². The Bertz CT molecular complexity index is 457. The molecule has 0 aliphatic carbocycles. The maximum absolute atomic E-state index is 5.77. The second-order valence-electron chi connectivity index (χ2n) is 3.58. The highest BCUT2D eigenvalue weighted by Gasteiger charge is 2.09. The van der Waals surface area contributed by atoms with E-state index in [2.05, 4.69) is 22.2 Å². The number of hydrogen-bond donors (Lipinski definition) is 1. The van der Waals surface area contributed by atoms with Gasteiger partial charge in [-0.2, -0.15) is 0 Å². The van der Waals surface area contributed by atoms with Gasteiger partial charge in [-0.25, -0.2) is 9.97 Å². The first kappa shape index (κ1) is 11.6. The number of nitrogens with one attached hydrogen (secondary N) is 1. The molecule has 0 saturated carbocycles. The van der Waals surface area contributed by atoms with Gasteiger partial charge >= 0.3 is 0 Å². The Morgan fingerprint density at radius 1 is 1.50 bits per heavy atom. The van der Waals surface area contributed by atoms with Gasteiger partial charge in [0.1, 0.15) is 12.1 Å². The quantitative estimate of drug-likeness (QED) is 0.831. The molecule has 0 aliphatic heterocycles. The predicted molar refractivity (Wildman–Crippen MR) is 70.5 cm³/mol. The molecule has 0 saturated heterocycles. The monoisotopic (exact) mass is 255 g/mol. The summed E-state index contributed by atoms with van der Waals surface area (Å²) in [5, 5.41) is 5.47. The standard InChI is InChI=1S/C11H14ClN3S/c1-2-8(3-5-12)15-11-10-9(4-6-16-10)13-7-14-11/h4,6-8H,2-3,5H2,1H3,(H,13,14,15). The molecular formula is C11H14ClN3S. The number of anilines is 1. The molecule has 1 N–H and O–H groups in total. The molecule has 1 unspecified atom stereocenters. The van der Waals surface area contributed by atoms with Gasteiger partial charge in [-0.1, -0.05) is 6.92 Å². The van der Waals surface area contributed by atoms with Gasteiger partial charge in [0, 0.05) is 11.9 Å². The van der Waals surface area contributed by atoms with Gasteiger partial charge in [0.05, 0.1) is 10.2 Å². The van der Waals surface area contributed by atoms with Crippen molar-refractivity contribution in [1.82, 2.24) is 9.97 Å². The summed E-state index contributed by atoms with van der Waals surface area (Å²) in [6.07, 6.45) is 3.60. The summed E-state index contributed by atoms with van der Waals surface area (Å²) in [6.45, 7) is 2.15. The van der Waals surface area contributed by atoms with Crippen LogP contribution in [0, 0.1) is 0 Å². The van der Waals surface area contributed by atoms with Crippen molar-refractivity contribution in [3.05, 3.63) is 17.8 Å². The van der Waals surface area contributed by atoms with Gasteiger partial charge in [-0.05, 0) is 24.3 Å². The second-order valence-corrected chi connectivity index (χ2v) is 4.88. The molecule has 0 spiro atoms. The van der Waals surface area contributed by atoms with Crippen LogP contribution in [0.4, 0.5) is 5.82 Å². The fourth-order valence-corrected chi connectivity index (χ4v) is 2.66. The van der Waals surface area contributed by atoms with Gasteiger partial charge in [-0.15, -0.1) is 22.9 Å². The lowest BCUT2D eigenvalue weighted by Gasteiger charge is -2.16. The third-order valence-electron chi connectivity index (χ3n) is 2.53. The van der Waals surface area contributed by atoms with Crippen LogP contribution in [-0.2, 0) is 0 Å². The first-order valence-electron chi connectivity index (χ1n) is 5.35. The van der Waals surface area contributed by atoms with Crippen LogP contribution >= 0.6 is 22.9 Å². The van der Waals surface area contributed by atoms with Gasteiger partial charge in [0.25, 0.3) is 0 Å². The van der Waals surface area contributed by atoms with E-state index >= 15 is 0 Å². The molecule has 2 rings (SSSR count). The lowest BCUT2D eigenvalue weighted by Crippen LogP contribution is -2.19. The summed E-state index contributed by atoms with van der Waals surface area (Å²) in [7, 11) is 0. The Hall–Kier alpha value is -0.870. The molecule has 0 amide bonds. The fraction of sp³-hybridized carbons (Fsp3) is 0.455. The summed E-state index contributed by atoms with van der Waals surface area (Å²) >= 11 is 7.43. The van der Waals surface area contributed by atoms with Gasteiger partial charge < -0.3 is 5.32 Å². The van der Waals surface area contributed by atoms with E-state index in [9.17, 15) is 0 Å². The summed E-state index contributed by atoms with van der Waals surface area (Å²) in [4.78, 5) is 8.51. The Kier molecular flexibility index (Phi) is 3.96. The maximum Gasteiger partial charge on any atom is 0.147 e. The van der Waals surface area contributed by atoms with E-state index in [4.69, 9.17) is 11.6 Å². The Morgan fingerprint density at radius 2 is 2.38 bits per heavy atom. The number of fused-ring (bicyclic) bond motifs is 1. The van der Waals surface area contributed by atoms with Crippen molar-refractivity contribution in [1.29, 1.82) is 0 Å². The van der Waals surface area contributed by atoms with Crippen LogP contribution in [0.1, 0.15) is 19.8 Å². The van der Waals surface area contributed by atoms with Crippen molar-refractivity contribution in [2.24, 2.45) is 0 Å². The molecule has 5 heteroatoms. The van der Waals surface area contributed by atoms with Crippen molar-refractivity contribution in [2.45, 2.75) is 25.8 Å². The number of nitrogens with zero attached hydrogens (tertiary/aromatic N) is 2. The molecule has 3 nitrogen and oxygen atoms in total. The average molecular weight is 256 g/mol. The SMILES string of the molecule is CCC(CCCl)Nc1ncnc2ccsc12. The molecule has 0 bridgehead atoms. The number of aromatic nitrogens is 2. The third kappa shape index (κ3) is 2.44. The number of hydrogen-bond acceptors (Lipinski definition) is 4. The van der Waals surface area contributed by atoms with Crippen molar-refractivity contribution in [3.8, 4) is 0 Å².